The van der Waals surface area contributed by atoms with Crippen LogP contribution in [-0.2, 0) is 0 Å². The number of hydrogen-bond acceptors (Lipinski definition) is 2. The summed E-state index contributed by atoms with van der Waals surface area (Å²) in [5.74, 6) is -0.0916. The monoisotopic (exact) mass is 137 g/mol. The van der Waals surface area contributed by atoms with Crippen molar-refractivity contribution in [2.75, 3.05) is 0 Å². The average molecular weight is 137 g/mol. The van der Waals surface area contributed by atoms with Gasteiger partial charge in [0.2, 0.25) is 5.56 Å². The van der Waals surface area contributed by atoms with Crippen molar-refractivity contribution in [2.24, 2.45) is 5.73 Å². The zero-order chi connectivity index (χ0) is 7.56. The molecule has 0 spiro atoms. The molecule has 0 aliphatic heterocycles. The van der Waals surface area contributed by atoms with Gasteiger partial charge in [-0.3, -0.25) is 10.2 Å². The summed E-state index contributed by atoms with van der Waals surface area (Å²) in [5.41, 5.74) is 5.32. The Labute approximate surface area is 57.2 Å². The summed E-state index contributed by atoms with van der Waals surface area (Å²) in [5, 5.41) is 6.96. The van der Waals surface area contributed by atoms with Crippen LogP contribution >= 0.6 is 0 Å². The normalized spacial score (nSPS) is 9.20. The molecule has 0 fully saturated rings. The number of nitrogens with two attached hydrogens (primary N) is 1. The molecule has 4 nitrogen and oxygen atoms in total. The fourth-order valence-corrected chi connectivity index (χ4v) is 0.612. The van der Waals surface area contributed by atoms with E-state index >= 15 is 0 Å². The Kier molecular flexibility index (Phi) is 1.53. The molecule has 0 radical (unpaired) electrons. The van der Waals surface area contributed by atoms with Gasteiger partial charge in [-0.15, -0.1) is 0 Å². The lowest BCUT2D eigenvalue weighted by Crippen LogP contribution is -2.15. The van der Waals surface area contributed by atoms with Crippen LogP contribution in [0.2, 0.25) is 0 Å². The molecule has 1 aromatic rings. The predicted molar refractivity (Wildman–Crippen MR) is 38.1 cm³/mol. The molecule has 0 aromatic carbocycles. The summed E-state index contributed by atoms with van der Waals surface area (Å²) in [4.78, 5) is 13.0. The van der Waals surface area contributed by atoms with Crippen LogP contribution in [0.15, 0.2) is 23.1 Å². The molecule has 10 heavy (non-hydrogen) atoms. The minimum Gasteiger partial charge on any atom is -0.384 e. The van der Waals surface area contributed by atoms with E-state index in [-0.39, 0.29) is 11.4 Å². The maximum atomic E-state index is 10.6. The molecular formula is C6H7N3O. The van der Waals surface area contributed by atoms with Crippen LogP contribution in [0.5, 0.6) is 0 Å². The van der Waals surface area contributed by atoms with Gasteiger partial charge in [0.05, 0.1) is 0 Å². The first-order chi connectivity index (χ1) is 4.70. The number of nitrogens with one attached hydrogen (secondary N) is 2. The SMILES string of the molecule is N=C(N)c1cc[nH]c(=O)c1. The molecule has 52 valence electrons. The van der Waals surface area contributed by atoms with Crippen molar-refractivity contribution in [2.45, 2.75) is 0 Å². The fraction of sp³-hybridized carbons (Fsp3) is 0. The van der Waals surface area contributed by atoms with Crippen LogP contribution in [0.3, 0.4) is 0 Å². The van der Waals surface area contributed by atoms with Gasteiger partial charge in [0.25, 0.3) is 0 Å². The van der Waals surface area contributed by atoms with Gasteiger partial charge in [-0.25, -0.2) is 0 Å². The number of pyridine rings is 1. The van der Waals surface area contributed by atoms with E-state index in [0.717, 1.165) is 0 Å². The molecule has 0 aliphatic rings. The minimum atomic E-state index is -0.243. The molecule has 0 bridgehead atoms. The number of aromatic nitrogens is 1. The zero-order valence-electron chi connectivity index (χ0n) is 5.22. The Balaban J connectivity index is 3.20. The van der Waals surface area contributed by atoms with Crippen LogP contribution in [0.25, 0.3) is 0 Å². The average Bonchev–Trinajstić information content (AvgIpc) is 1.88. The molecule has 0 saturated heterocycles. The van der Waals surface area contributed by atoms with Crippen molar-refractivity contribution in [1.29, 1.82) is 5.41 Å². The van der Waals surface area contributed by atoms with Crippen molar-refractivity contribution in [3.63, 3.8) is 0 Å². The number of hydrogen-bond donors (Lipinski definition) is 3. The van der Waals surface area contributed by atoms with Crippen molar-refractivity contribution in [3.05, 3.63) is 34.2 Å². The molecule has 1 aromatic heterocycles. The van der Waals surface area contributed by atoms with Crippen molar-refractivity contribution < 1.29 is 0 Å². The van der Waals surface area contributed by atoms with Crippen molar-refractivity contribution in [3.8, 4) is 0 Å². The fourth-order valence-electron chi connectivity index (χ4n) is 0.612. The van der Waals surface area contributed by atoms with Gasteiger partial charge in [0.1, 0.15) is 5.84 Å². The first-order valence-corrected chi connectivity index (χ1v) is 2.73. The summed E-state index contributed by atoms with van der Waals surface area (Å²) < 4.78 is 0. The highest BCUT2D eigenvalue weighted by atomic mass is 16.1. The maximum Gasteiger partial charge on any atom is 0.248 e. The van der Waals surface area contributed by atoms with Crippen LogP contribution in [0.4, 0.5) is 0 Å². The molecule has 0 amide bonds. The third-order valence-electron chi connectivity index (χ3n) is 1.09. The van der Waals surface area contributed by atoms with Gasteiger partial charge >= 0.3 is 0 Å². The lowest BCUT2D eigenvalue weighted by Gasteiger charge is -1.92. The summed E-state index contributed by atoms with van der Waals surface area (Å²) in [6, 6.07) is 2.85. The number of H-pyrrole nitrogens is 1. The molecule has 0 unspecified atom stereocenters. The zero-order valence-corrected chi connectivity index (χ0v) is 5.22. The lowest BCUT2D eigenvalue weighted by atomic mass is 10.2. The Hall–Kier alpha value is -1.58. The number of nitrogen functional groups attached to an aromatic ring is 1. The van der Waals surface area contributed by atoms with Crippen LogP contribution in [0.1, 0.15) is 5.56 Å². The maximum absolute atomic E-state index is 10.6. The first-order valence-electron chi connectivity index (χ1n) is 2.73. The van der Waals surface area contributed by atoms with Crippen LogP contribution < -0.4 is 11.3 Å². The molecule has 0 atom stereocenters. The van der Waals surface area contributed by atoms with Crippen molar-refractivity contribution in [1.82, 2.24) is 4.98 Å². The van der Waals surface area contributed by atoms with Crippen LogP contribution in [0, 0.1) is 5.41 Å². The second-order valence-electron chi connectivity index (χ2n) is 1.86. The summed E-state index contributed by atoms with van der Waals surface area (Å²) in [6.07, 6.45) is 1.46. The standard InChI is InChI=1S/C6H7N3O/c7-6(8)4-1-2-9-5(10)3-4/h1-3H,(H3,7,8)(H,9,10). The number of amidine groups is 1. The highest BCUT2D eigenvalue weighted by Gasteiger charge is 1.93. The molecule has 4 heteroatoms. The number of rotatable bonds is 1. The van der Waals surface area contributed by atoms with Gasteiger partial charge in [-0.1, -0.05) is 0 Å². The van der Waals surface area contributed by atoms with E-state index in [4.69, 9.17) is 11.1 Å². The highest BCUT2D eigenvalue weighted by Crippen LogP contribution is 1.88. The van der Waals surface area contributed by atoms with E-state index < -0.39 is 0 Å². The lowest BCUT2D eigenvalue weighted by molar-refractivity contribution is 1.22. The third-order valence-corrected chi connectivity index (χ3v) is 1.09. The van der Waals surface area contributed by atoms with E-state index in [1.165, 1.54) is 12.3 Å². The minimum absolute atomic E-state index is 0.0916. The van der Waals surface area contributed by atoms with Gasteiger partial charge < -0.3 is 10.7 Å². The van der Waals surface area contributed by atoms with E-state index in [1.807, 2.05) is 0 Å². The highest BCUT2D eigenvalue weighted by molar-refractivity contribution is 5.94. The molecule has 0 saturated carbocycles. The second-order valence-corrected chi connectivity index (χ2v) is 1.86. The largest absolute Gasteiger partial charge is 0.384 e. The topological polar surface area (TPSA) is 82.7 Å². The molecule has 4 N–H and O–H groups in total. The smallest absolute Gasteiger partial charge is 0.248 e. The third kappa shape index (κ3) is 1.22. The predicted octanol–water partition coefficient (Wildman–Crippen LogP) is -0.341. The van der Waals surface area contributed by atoms with E-state index in [1.54, 1.807) is 6.07 Å². The Morgan fingerprint density at radius 2 is 2.40 bits per heavy atom. The molecular weight excluding hydrogens is 130 g/mol. The Morgan fingerprint density at radius 1 is 1.70 bits per heavy atom. The molecule has 0 aliphatic carbocycles. The van der Waals surface area contributed by atoms with E-state index in [2.05, 4.69) is 4.98 Å². The Bertz CT molecular complexity index is 302. The van der Waals surface area contributed by atoms with Gasteiger partial charge in [-0.05, 0) is 6.07 Å². The van der Waals surface area contributed by atoms with E-state index in [9.17, 15) is 4.79 Å². The van der Waals surface area contributed by atoms with Gasteiger partial charge in [0.15, 0.2) is 0 Å². The van der Waals surface area contributed by atoms with Crippen LogP contribution in [-0.4, -0.2) is 10.8 Å². The van der Waals surface area contributed by atoms with Gasteiger partial charge in [0, 0.05) is 17.8 Å². The van der Waals surface area contributed by atoms with Crippen molar-refractivity contribution >= 4 is 5.84 Å². The van der Waals surface area contributed by atoms with E-state index in [0.29, 0.717) is 5.56 Å². The Morgan fingerprint density at radius 3 is 2.80 bits per heavy atom. The van der Waals surface area contributed by atoms with Gasteiger partial charge in [-0.2, -0.15) is 0 Å². The quantitative estimate of drug-likeness (QED) is 0.365. The number of aromatic amines is 1. The summed E-state index contributed by atoms with van der Waals surface area (Å²) in [7, 11) is 0. The molecule has 1 rings (SSSR count). The first kappa shape index (κ1) is 6.54. The summed E-state index contributed by atoms with van der Waals surface area (Å²) in [6.45, 7) is 0. The molecule has 1 heterocycles. The summed E-state index contributed by atoms with van der Waals surface area (Å²) >= 11 is 0. The second kappa shape index (κ2) is 2.34.